The third-order valence-electron chi connectivity index (χ3n) is 4.15. The molecular formula is C17H23F3N2O3S. The van der Waals surface area contributed by atoms with Crippen molar-refractivity contribution in [2.75, 3.05) is 31.7 Å². The number of methoxy groups -OCH3 is 1. The Bertz CT molecular complexity index is 593. The molecule has 0 N–H and O–H groups in total. The summed E-state index contributed by atoms with van der Waals surface area (Å²) in [4.78, 5) is 16.8. The topological polar surface area (TPSA) is 51.7 Å². The number of alkyl halides is 3. The zero-order valence-electron chi connectivity index (χ0n) is 14.8. The molecule has 9 heteroatoms. The van der Waals surface area contributed by atoms with E-state index >= 15 is 0 Å². The minimum Gasteiger partial charge on any atom is -0.467 e. The van der Waals surface area contributed by atoms with Crippen molar-refractivity contribution in [3.8, 4) is 0 Å². The lowest BCUT2D eigenvalue weighted by Crippen LogP contribution is -2.36. The van der Waals surface area contributed by atoms with Gasteiger partial charge in [-0.25, -0.2) is 4.79 Å². The van der Waals surface area contributed by atoms with E-state index in [1.807, 2.05) is 11.8 Å². The second kappa shape index (κ2) is 9.45. The summed E-state index contributed by atoms with van der Waals surface area (Å²) in [6, 6.07) is 1.15. The molecule has 0 saturated carbocycles. The Morgan fingerprint density at radius 2 is 2.08 bits per heavy atom. The molecule has 1 saturated heterocycles. The highest BCUT2D eigenvalue weighted by molar-refractivity contribution is 8.00. The van der Waals surface area contributed by atoms with Crippen LogP contribution in [0.1, 0.15) is 31.7 Å². The Hall–Kier alpha value is -1.48. The first kappa shape index (κ1) is 20.8. The quantitative estimate of drug-likeness (QED) is 0.521. The molecule has 1 aromatic heterocycles. The standard InChI is InChI=1S/C17H23F3N2O3S/c1-3-16(25-11-15(23)24-2)26-14-4-6-22(7-5-14)13-8-12(9-21-10-13)17(18,19)20/h8-10,14,16H,3-7,11H2,1-2H3. The summed E-state index contributed by atoms with van der Waals surface area (Å²) in [5.74, 6) is -0.407. The number of halogens is 3. The smallest absolute Gasteiger partial charge is 0.417 e. The third-order valence-corrected chi connectivity index (χ3v) is 5.78. The molecule has 0 aliphatic carbocycles. The lowest BCUT2D eigenvalue weighted by molar-refractivity contribution is -0.146. The fraction of sp³-hybridized carbons (Fsp3) is 0.647. The average Bonchev–Trinajstić information content (AvgIpc) is 2.64. The lowest BCUT2D eigenvalue weighted by atomic mass is 10.1. The molecule has 146 valence electrons. The summed E-state index contributed by atoms with van der Waals surface area (Å²) in [7, 11) is 1.32. The van der Waals surface area contributed by atoms with E-state index in [2.05, 4.69) is 9.72 Å². The number of rotatable bonds is 7. The number of aromatic nitrogens is 1. The molecule has 2 heterocycles. The number of ether oxygens (including phenoxy) is 2. The van der Waals surface area contributed by atoms with E-state index in [1.54, 1.807) is 11.8 Å². The van der Waals surface area contributed by atoms with E-state index in [9.17, 15) is 18.0 Å². The van der Waals surface area contributed by atoms with Gasteiger partial charge in [-0.1, -0.05) is 6.92 Å². The number of carbonyl (C=O) groups is 1. The van der Waals surface area contributed by atoms with E-state index in [0.29, 0.717) is 24.0 Å². The SMILES string of the molecule is CCC(OCC(=O)OC)SC1CCN(c2cncc(C(F)(F)F)c2)CC1. The van der Waals surface area contributed by atoms with Crippen LogP contribution in [0, 0.1) is 0 Å². The van der Waals surface area contributed by atoms with Gasteiger partial charge in [-0.3, -0.25) is 4.98 Å². The summed E-state index contributed by atoms with van der Waals surface area (Å²) in [5, 5.41) is 0.340. The Balaban J connectivity index is 1.86. The van der Waals surface area contributed by atoms with Crippen LogP contribution in [0.4, 0.5) is 18.9 Å². The van der Waals surface area contributed by atoms with Crippen LogP contribution in [0.25, 0.3) is 0 Å². The summed E-state index contributed by atoms with van der Waals surface area (Å²) >= 11 is 1.67. The molecule has 0 bridgehead atoms. The van der Waals surface area contributed by atoms with Crippen LogP contribution >= 0.6 is 11.8 Å². The van der Waals surface area contributed by atoms with Crippen LogP contribution in [0.15, 0.2) is 18.5 Å². The van der Waals surface area contributed by atoms with Gasteiger partial charge in [-0.05, 0) is 25.3 Å². The Morgan fingerprint density at radius 3 is 2.65 bits per heavy atom. The maximum atomic E-state index is 12.8. The van der Waals surface area contributed by atoms with Gasteiger partial charge in [0.1, 0.15) is 12.0 Å². The highest BCUT2D eigenvalue weighted by atomic mass is 32.2. The molecule has 1 aliphatic rings. The van der Waals surface area contributed by atoms with Gasteiger partial charge in [0.25, 0.3) is 0 Å². The summed E-state index contributed by atoms with van der Waals surface area (Å²) in [6.07, 6.45) is 0.355. The van der Waals surface area contributed by atoms with Crippen molar-refractivity contribution in [1.29, 1.82) is 0 Å². The maximum Gasteiger partial charge on any atom is 0.417 e. The third kappa shape index (κ3) is 6.05. The number of esters is 1. The fourth-order valence-electron chi connectivity index (χ4n) is 2.69. The molecule has 0 amide bonds. The monoisotopic (exact) mass is 392 g/mol. The van der Waals surface area contributed by atoms with E-state index < -0.39 is 17.7 Å². The van der Waals surface area contributed by atoms with Crippen LogP contribution in [-0.4, -0.2) is 48.4 Å². The summed E-state index contributed by atoms with van der Waals surface area (Å²) in [6.45, 7) is 3.23. The first-order chi connectivity index (χ1) is 12.3. The molecule has 0 aromatic carbocycles. The maximum absolute atomic E-state index is 12.8. The molecule has 26 heavy (non-hydrogen) atoms. The molecule has 2 rings (SSSR count). The Labute approximate surface area is 155 Å². The minimum absolute atomic E-state index is 0.0727. The largest absolute Gasteiger partial charge is 0.467 e. The van der Waals surface area contributed by atoms with E-state index in [1.165, 1.54) is 13.3 Å². The van der Waals surface area contributed by atoms with E-state index in [4.69, 9.17) is 4.74 Å². The lowest BCUT2D eigenvalue weighted by Gasteiger charge is -2.34. The highest BCUT2D eigenvalue weighted by Gasteiger charge is 2.32. The molecule has 0 radical (unpaired) electrons. The number of nitrogens with zero attached hydrogens (tertiary/aromatic N) is 2. The molecule has 1 aliphatic heterocycles. The number of piperidine rings is 1. The highest BCUT2D eigenvalue weighted by Crippen LogP contribution is 2.34. The molecule has 1 aromatic rings. The van der Waals surface area contributed by atoms with Gasteiger partial charge in [-0.2, -0.15) is 13.2 Å². The Morgan fingerprint density at radius 1 is 1.38 bits per heavy atom. The number of hydrogen-bond acceptors (Lipinski definition) is 6. The Kier molecular flexibility index (Phi) is 7.57. The predicted molar refractivity (Wildman–Crippen MR) is 94.1 cm³/mol. The number of hydrogen-bond donors (Lipinski definition) is 0. The molecular weight excluding hydrogens is 369 g/mol. The van der Waals surface area contributed by atoms with Crippen LogP contribution in [-0.2, 0) is 20.4 Å². The number of carbonyl (C=O) groups excluding carboxylic acids is 1. The average molecular weight is 392 g/mol. The van der Waals surface area contributed by atoms with Gasteiger partial charge in [0.05, 0.1) is 24.6 Å². The number of thioether (sulfide) groups is 1. The van der Waals surface area contributed by atoms with Crippen LogP contribution < -0.4 is 4.90 Å². The molecule has 1 unspecified atom stereocenters. The zero-order valence-corrected chi connectivity index (χ0v) is 15.6. The van der Waals surface area contributed by atoms with Crippen LogP contribution in [0.5, 0.6) is 0 Å². The minimum atomic E-state index is -4.39. The van der Waals surface area contributed by atoms with Crippen molar-refractivity contribution in [2.24, 2.45) is 0 Å². The second-order valence-corrected chi connectivity index (χ2v) is 7.44. The second-order valence-electron chi connectivity index (χ2n) is 5.98. The number of anilines is 1. The van der Waals surface area contributed by atoms with Crippen molar-refractivity contribution in [3.63, 3.8) is 0 Å². The molecule has 1 fully saturated rings. The van der Waals surface area contributed by atoms with Gasteiger partial charge < -0.3 is 14.4 Å². The predicted octanol–water partition coefficient (Wildman–Crippen LogP) is 3.73. The van der Waals surface area contributed by atoms with Crippen molar-refractivity contribution < 1.29 is 27.4 Å². The van der Waals surface area contributed by atoms with Crippen molar-refractivity contribution in [3.05, 3.63) is 24.0 Å². The van der Waals surface area contributed by atoms with Crippen molar-refractivity contribution in [2.45, 2.75) is 43.0 Å². The van der Waals surface area contributed by atoms with Gasteiger partial charge in [-0.15, -0.1) is 11.8 Å². The van der Waals surface area contributed by atoms with Crippen molar-refractivity contribution in [1.82, 2.24) is 4.98 Å². The van der Waals surface area contributed by atoms with E-state index in [0.717, 1.165) is 31.5 Å². The first-order valence-electron chi connectivity index (χ1n) is 8.44. The summed E-state index contributed by atoms with van der Waals surface area (Å²) < 4.78 is 48.6. The molecule has 0 spiro atoms. The molecule has 1 atom stereocenters. The van der Waals surface area contributed by atoms with Gasteiger partial charge in [0, 0.05) is 24.5 Å². The summed E-state index contributed by atoms with van der Waals surface area (Å²) in [5.41, 5.74) is -0.327. The van der Waals surface area contributed by atoms with Gasteiger partial charge in [0.15, 0.2) is 0 Å². The van der Waals surface area contributed by atoms with E-state index in [-0.39, 0.29) is 12.0 Å². The van der Waals surface area contributed by atoms with Gasteiger partial charge >= 0.3 is 12.1 Å². The normalized spacial score (nSPS) is 17.2. The molecule has 5 nitrogen and oxygen atoms in total. The number of pyridine rings is 1. The van der Waals surface area contributed by atoms with Crippen LogP contribution in [0.2, 0.25) is 0 Å². The first-order valence-corrected chi connectivity index (χ1v) is 9.38. The van der Waals surface area contributed by atoms with Crippen molar-refractivity contribution >= 4 is 23.4 Å². The zero-order chi connectivity index (χ0) is 19.2. The van der Waals surface area contributed by atoms with Crippen LogP contribution in [0.3, 0.4) is 0 Å². The fourth-order valence-corrected chi connectivity index (χ4v) is 3.95. The van der Waals surface area contributed by atoms with Gasteiger partial charge in [0.2, 0.25) is 0 Å².